The van der Waals surface area contributed by atoms with Crippen molar-refractivity contribution < 1.29 is 30.8 Å². The number of hydrogen-bond acceptors (Lipinski definition) is 6. The maximum absolute atomic E-state index is 13.8. The van der Waals surface area contributed by atoms with E-state index in [4.69, 9.17) is 9.57 Å². The predicted octanol–water partition coefficient (Wildman–Crippen LogP) is 17.1. The molecule has 4 aromatic carbocycles. The Morgan fingerprint density at radius 2 is 0.963 bits per heavy atom. The molecule has 9 heteroatoms. The molecule has 0 unspecified atom stereocenters. The van der Waals surface area contributed by atoms with Gasteiger partial charge in [0.05, 0.1) is 18.3 Å². The van der Waals surface area contributed by atoms with Crippen LogP contribution in [0.4, 0.5) is 0 Å². The van der Waals surface area contributed by atoms with E-state index in [0.29, 0.717) is 17.6 Å². The number of rotatable bonds is 6. The predicted molar refractivity (Wildman–Crippen MR) is 340 cm³/mol. The molecular formula is C72H104BrMgNO6. The maximum Gasteiger partial charge on any atom is 2.00 e. The molecule has 0 radical (unpaired) electrons. The van der Waals surface area contributed by atoms with E-state index < -0.39 is 11.2 Å². The number of carbonyl (C=O) groups excluding carboxylic acids is 2. The van der Waals surface area contributed by atoms with E-state index in [9.17, 15) is 19.8 Å². The second kappa shape index (κ2) is 29.0. The Labute approximate surface area is 518 Å². The van der Waals surface area contributed by atoms with Crippen molar-refractivity contribution >= 4 is 51.7 Å². The van der Waals surface area contributed by atoms with E-state index in [1.165, 1.54) is 117 Å². The molecule has 7 nitrogen and oxygen atoms in total. The van der Waals surface area contributed by atoms with Gasteiger partial charge in [-0.05, 0) is 229 Å². The summed E-state index contributed by atoms with van der Waals surface area (Å²) in [5.41, 5.74) is 5.20. The minimum absolute atomic E-state index is 0. The summed E-state index contributed by atoms with van der Waals surface area (Å²) >= 11 is 0. The van der Waals surface area contributed by atoms with Crippen LogP contribution in [0.25, 0.3) is 22.3 Å². The molecule has 8 saturated carbocycles. The van der Waals surface area contributed by atoms with E-state index in [2.05, 4.69) is 92.7 Å². The van der Waals surface area contributed by atoms with Gasteiger partial charge in [0, 0.05) is 37.7 Å². The second-order valence-electron chi connectivity index (χ2n) is 27.0. The summed E-state index contributed by atoms with van der Waals surface area (Å²) < 4.78 is 4.94. The second-order valence-corrected chi connectivity index (χ2v) is 27.0. The molecule has 2 N–H and O–H groups in total. The fourth-order valence-electron chi connectivity index (χ4n) is 18.7. The number of ether oxygens (including phenoxy) is 1. The van der Waals surface area contributed by atoms with Crippen molar-refractivity contribution in [2.24, 2.45) is 81.8 Å². The number of Topliss-reactive ketones (excluding diaryl/α,β-unsaturated/α-hetero) is 1. The zero-order valence-electron chi connectivity index (χ0n) is 50.0. The average Bonchev–Trinajstić information content (AvgIpc) is 3.57. The van der Waals surface area contributed by atoms with E-state index in [1.54, 1.807) is 14.2 Å². The first kappa shape index (κ1) is 67.2. The van der Waals surface area contributed by atoms with Crippen LogP contribution in [-0.2, 0) is 14.4 Å². The van der Waals surface area contributed by atoms with Gasteiger partial charge in [-0.25, -0.2) is 5.06 Å². The standard InChI is InChI=1S/C32H40O2.C22H37NO3.C12H9.C4H8O.2CH4.BrH.Mg.H/c1-31(34)18-16-25-24(20-31)12-13-27-26(25)17-19-32(2)28(27)14-15-29(32)30(33)23-10-8-22(9-11-23)21-6-4-3-5-7-21;1-21(25)11-9-15-14(13-21)5-6-17-16(15)10-12-22(2)18(17)7-8-19(22)20(24)23(3)26-4;1-3-7-11(8-4-1)12-9-5-2-6-10-12;1-2-4-5-3-1;;;;;/h3-11,24-29,34H,12-20H2,1-2H3;14-19,25H,5-13H2,1-4H3;1,3-10H;1-4H2;2*1H4;1H;;/q;;-1;;;;;+2;-1/t24-,25+,26-,27-,28+,29-,31-,32+;14-,15+,16-,17-,18+,19-,21-,22+;;;;;;;/m11......./s1. The Bertz CT molecular complexity index is 2520. The van der Waals surface area contributed by atoms with Gasteiger partial charge in [0.25, 0.3) is 0 Å². The van der Waals surface area contributed by atoms with Gasteiger partial charge in [-0.1, -0.05) is 114 Å². The van der Waals surface area contributed by atoms with Gasteiger partial charge in [0.1, 0.15) is 0 Å². The number of fused-ring (bicyclic) bond motifs is 10. The first-order valence-electron chi connectivity index (χ1n) is 30.6. The van der Waals surface area contributed by atoms with Crippen LogP contribution in [0.5, 0.6) is 0 Å². The molecule has 9 fully saturated rings. The summed E-state index contributed by atoms with van der Waals surface area (Å²) in [5, 5.41) is 22.6. The van der Waals surface area contributed by atoms with Crippen molar-refractivity contribution in [2.75, 3.05) is 27.4 Å². The van der Waals surface area contributed by atoms with E-state index >= 15 is 0 Å². The van der Waals surface area contributed by atoms with Gasteiger partial charge in [-0.3, -0.25) is 14.4 Å². The van der Waals surface area contributed by atoms with E-state index in [1.807, 2.05) is 50.2 Å². The number of carbonyl (C=O) groups is 2. The van der Waals surface area contributed by atoms with E-state index in [0.717, 1.165) is 105 Å². The van der Waals surface area contributed by atoms with Gasteiger partial charge in [0.15, 0.2) is 5.78 Å². The third kappa shape index (κ3) is 14.7. The number of halogens is 1. The van der Waals surface area contributed by atoms with Gasteiger partial charge in [-0.2, -0.15) is 30.3 Å². The molecule has 81 heavy (non-hydrogen) atoms. The van der Waals surface area contributed by atoms with Crippen LogP contribution < -0.4 is 0 Å². The number of benzene rings is 4. The van der Waals surface area contributed by atoms with Crippen LogP contribution in [-0.4, -0.2) is 88.6 Å². The molecule has 4 aromatic rings. The molecule has 1 aliphatic heterocycles. The van der Waals surface area contributed by atoms with Crippen molar-refractivity contribution in [3.05, 3.63) is 121 Å². The first-order valence-corrected chi connectivity index (χ1v) is 30.6. The Morgan fingerprint density at radius 1 is 0.543 bits per heavy atom. The summed E-state index contributed by atoms with van der Waals surface area (Å²) in [6, 6.07) is 40.1. The SMILES string of the molecule is Br.C.C.C1CCOC1.CON(C)C(=O)[C@H]1CC[C@H]2[C@@H]3CC[C@@H]4C[C@](C)(O)CC[C@@H]4[C@H]3CC[C@]12C.C[C@@]1(O)CC[C@H]2[C@H](CC[C@@H]3[C@@H]2CC[C@]2(C)[C@@H](C(=O)c4ccc(-c5ccccc5)cc4)CC[C@@H]32)C1.[H-].[Mg+2].[c-]1ccc(-c2ccccc2)cc1. The molecular weight excluding hydrogens is 1080 g/mol. The maximum atomic E-state index is 13.8. The molecule has 13 rings (SSSR count). The minimum atomic E-state index is -0.446. The zero-order chi connectivity index (χ0) is 54.0. The van der Waals surface area contributed by atoms with Crippen LogP contribution in [0.3, 0.4) is 0 Å². The smallest absolute Gasteiger partial charge is 1.00 e. The van der Waals surface area contributed by atoms with Crippen LogP contribution in [0.1, 0.15) is 183 Å². The van der Waals surface area contributed by atoms with Gasteiger partial charge < -0.3 is 16.4 Å². The fourth-order valence-corrected chi connectivity index (χ4v) is 18.7. The number of aliphatic hydroxyl groups is 2. The first-order chi connectivity index (χ1) is 37.1. The van der Waals surface area contributed by atoms with E-state index in [-0.39, 0.29) is 84.9 Å². The topological polar surface area (TPSA) is 96.3 Å². The molecule has 16 atom stereocenters. The van der Waals surface area contributed by atoms with Crippen molar-refractivity contribution in [1.29, 1.82) is 0 Å². The van der Waals surface area contributed by atoms with Crippen molar-refractivity contribution in [1.82, 2.24) is 5.06 Å². The summed E-state index contributed by atoms with van der Waals surface area (Å²) in [7, 11) is 3.34. The Morgan fingerprint density at radius 3 is 1.41 bits per heavy atom. The molecule has 1 amide bonds. The molecule has 1 heterocycles. The van der Waals surface area contributed by atoms with Gasteiger partial charge in [0.2, 0.25) is 5.91 Å². The molecule has 442 valence electrons. The molecule has 0 bridgehead atoms. The quantitative estimate of drug-likeness (QED) is 0.0864. The van der Waals surface area contributed by atoms with Crippen molar-refractivity contribution in [3.63, 3.8) is 0 Å². The molecule has 0 spiro atoms. The Hall–Kier alpha value is -2.89. The summed E-state index contributed by atoms with van der Waals surface area (Å²) in [4.78, 5) is 31.9. The van der Waals surface area contributed by atoms with Crippen molar-refractivity contribution in [2.45, 2.75) is 182 Å². The van der Waals surface area contributed by atoms with Gasteiger partial charge in [-0.15, -0.1) is 22.5 Å². The van der Waals surface area contributed by atoms with Crippen molar-refractivity contribution in [3.8, 4) is 22.3 Å². The van der Waals surface area contributed by atoms with Gasteiger partial charge >= 0.3 is 23.1 Å². The molecule has 0 aromatic heterocycles. The van der Waals surface area contributed by atoms with Crippen LogP contribution in [0, 0.1) is 87.9 Å². The largest absolute Gasteiger partial charge is 2.00 e. The number of amides is 1. The fraction of sp³-hybridized carbons (Fsp3) is 0.639. The normalized spacial score (nSPS) is 36.4. The number of hydroxylamine groups is 2. The zero-order valence-corrected chi connectivity index (χ0v) is 52.1. The average molecular weight is 1180 g/mol. The third-order valence-electron chi connectivity index (χ3n) is 22.6. The minimum Gasteiger partial charge on any atom is -1.00 e. The summed E-state index contributed by atoms with van der Waals surface area (Å²) in [6.45, 7) is 10.9. The monoisotopic (exact) mass is 1180 g/mol. The Kier molecular flexibility index (Phi) is 24.1. The molecule has 9 aliphatic rings. The van der Waals surface area contributed by atoms with Crippen LogP contribution in [0.2, 0.25) is 0 Å². The Balaban J connectivity index is 0.000000227. The summed E-state index contributed by atoms with van der Waals surface area (Å²) in [6.07, 6.45) is 23.6. The molecule has 8 aliphatic carbocycles. The third-order valence-corrected chi connectivity index (χ3v) is 22.6. The molecule has 1 saturated heterocycles. The number of nitrogens with zero attached hydrogens (tertiary/aromatic N) is 1. The number of hydrogen-bond donors (Lipinski definition) is 2. The van der Waals surface area contributed by atoms with Crippen LogP contribution >= 0.6 is 17.0 Å². The summed E-state index contributed by atoms with van der Waals surface area (Å²) in [5.74, 6) is 8.57. The van der Waals surface area contributed by atoms with Crippen LogP contribution in [0.15, 0.2) is 109 Å². The number of ketones is 1.